The molecular formula is C11H20O. The third-order valence-corrected chi connectivity index (χ3v) is 4.24. The zero-order valence-electron chi connectivity index (χ0n) is 8.27. The second-order valence-corrected chi connectivity index (χ2v) is 4.38. The van der Waals surface area contributed by atoms with Gasteiger partial charge < -0.3 is 5.11 Å². The molecule has 1 heteroatoms. The fourth-order valence-corrected chi connectivity index (χ4v) is 3.48. The van der Waals surface area contributed by atoms with Crippen LogP contribution in [-0.2, 0) is 0 Å². The topological polar surface area (TPSA) is 20.2 Å². The molecule has 12 heavy (non-hydrogen) atoms. The number of fused-ring (bicyclic) bond motifs is 1. The van der Waals surface area contributed by atoms with Crippen molar-refractivity contribution in [3.05, 3.63) is 0 Å². The maximum atomic E-state index is 8.80. The van der Waals surface area contributed by atoms with E-state index in [0.717, 1.165) is 23.2 Å². The minimum Gasteiger partial charge on any atom is -0.396 e. The fraction of sp³-hybridized carbons (Fsp3) is 1.00. The lowest BCUT2D eigenvalue weighted by Crippen LogP contribution is -1.87. The van der Waals surface area contributed by atoms with Gasteiger partial charge >= 0.3 is 0 Å². The molecule has 0 aromatic rings. The predicted octanol–water partition coefficient (Wildman–Crippen LogP) is 2.59. The molecule has 0 unspecified atom stereocenters. The Labute approximate surface area is 75.2 Å². The molecule has 3 saturated carbocycles. The summed E-state index contributed by atoms with van der Waals surface area (Å²) in [7, 11) is 0. The van der Waals surface area contributed by atoms with Crippen LogP contribution in [0, 0.1) is 16.7 Å². The molecule has 3 aliphatic rings. The van der Waals surface area contributed by atoms with Gasteiger partial charge in [-0.3, -0.25) is 0 Å². The molecule has 0 saturated heterocycles. The molecule has 3 rings (SSSR count). The molecule has 1 nitrogen and oxygen atoms in total. The van der Waals surface area contributed by atoms with Crippen LogP contribution in [0.5, 0.6) is 0 Å². The molecule has 0 amide bonds. The lowest BCUT2D eigenvalue weighted by Gasteiger charge is -1.89. The van der Waals surface area contributed by atoms with Crippen molar-refractivity contribution < 1.29 is 5.11 Å². The summed E-state index contributed by atoms with van der Waals surface area (Å²) < 4.78 is 0. The predicted molar refractivity (Wildman–Crippen MR) is 49.9 cm³/mol. The van der Waals surface area contributed by atoms with E-state index in [4.69, 9.17) is 5.11 Å². The first-order valence-corrected chi connectivity index (χ1v) is 5.47. The van der Waals surface area contributed by atoms with E-state index >= 15 is 0 Å². The summed E-state index contributed by atoms with van der Waals surface area (Å²) in [5, 5.41) is 8.80. The van der Waals surface area contributed by atoms with E-state index in [0.29, 0.717) is 6.61 Å². The van der Waals surface area contributed by atoms with Crippen molar-refractivity contribution in [1.29, 1.82) is 0 Å². The van der Waals surface area contributed by atoms with Crippen LogP contribution in [0.3, 0.4) is 0 Å². The highest BCUT2D eigenvalue weighted by molar-refractivity contribution is 5.34. The summed E-state index contributed by atoms with van der Waals surface area (Å²) in [5.41, 5.74) is 1.63. The van der Waals surface area contributed by atoms with Crippen LogP contribution in [0.4, 0.5) is 0 Å². The van der Waals surface area contributed by atoms with E-state index in [9.17, 15) is 0 Å². The average molecular weight is 168 g/mol. The van der Waals surface area contributed by atoms with E-state index in [1.807, 2.05) is 13.8 Å². The maximum Gasteiger partial charge on any atom is 0.0434 e. The molecule has 3 fully saturated rings. The third-order valence-electron chi connectivity index (χ3n) is 4.24. The lowest BCUT2D eigenvalue weighted by atomic mass is 10.2. The molecule has 0 aromatic heterocycles. The Balaban J connectivity index is 0.000000264. The van der Waals surface area contributed by atoms with Crippen molar-refractivity contribution in [2.24, 2.45) is 16.7 Å². The van der Waals surface area contributed by atoms with Gasteiger partial charge in [-0.15, -0.1) is 0 Å². The first-order valence-electron chi connectivity index (χ1n) is 5.47. The summed E-state index contributed by atoms with van der Waals surface area (Å²) in [6.07, 6.45) is 7.03. The zero-order chi connectivity index (χ0) is 8.82. The quantitative estimate of drug-likeness (QED) is 0.672. The zero-order valence-corrected chi connectivity index (χ0v) is 8.27. The van der Waals surface area contributed by atoms with Gasteiger partial charge in [0.2, 0.25) is 0 Å². The van der Waals surface area contributed by atoms with Crippen LogP contribution in [-0.4, -0.2) is 11.7 Å². The van der Waals surface area contributed by atoms with Crippen LogP contribution in [0.15, 0.2) is 0 Å². The monoisotopic (exact) mass is 168 g/mol. The van der Waals surface area contributed by atoms with Gasteiger partial charge in [0, 0.05) is 6.61 Å². The van der Waals surface area contributed by atoms with Gasteiger partial charge in [-0.05, 0) is 48.9 Å². The Morgan fingerprint density at radius 2 is 1.50 bits per heavy atom. The maximum absolute atomic E-state index is 8.80. The van der Waals surface area contributed by atoms with E-state index in [1.54, 1.807) is 0 Å². The van der Waals surface area contributed by atoms with Crippen LogP contribution >= 0.6 is 0 Å². The third kappa shape index (κ3) is 0.783. The summed E-state index contributed by atoms with van der Waals surface area (Å²) in [6.45, 7) is 4.42. The lowest BCUT2D eigenvalue weighted by molar-refractivity contribution is 0.273. The van der Waals surface area contributed by atoms with Crippen LogP contribution < -0.4 is 0 Å². The number of aliphatic hydroxyl groups excluding tert-OH is 1. The summed E-state index contributed by atoms with van der Waals surface area (Å²) in [4.78, 5) is 0. The van der Waals surface area contributed by atoms with Crippen molar-refractivity contribution in [2.45, 2.75) is 46.0 Å². The highest BCUT2D eigenvalue weighted by Crippen LogP contribution is 2.93. The van der Waals surface area contributed by atoms with Gasteiger partial charge in [0.15, 0.2) is 0 Å². The van der Waals surface area contributed by atoms with Crippen molar-refractivity contribution in [3.63, 3.8) is 0 Å². The van der Waals surface area contributed by atoms with Gasteiger partial charge in [0.05, 0.1) is 0 Å². The molecule has 0 aromatic carbocycles. The van der Waals surface area contributed by atoms with Crippen molar-refractivity contribution >= 4 is 0 Å². The molecule has 0 bridgehead atoms. The minimum absolute atomic E-state index is 0.425. The molecule has 3 aliphatic carbocycles. The molecule has 2 spiro atoms. The molecular weight excluding hydrogens is 148 g/mol. The van der Waals surface area contributed by atoms with E-state index < -0.39 is 0 Å². The fourth-order valence-electron chi connectivity index (χ4n) is 3.48. The van der Waals surface area contributed by atoms with Gasteiger partial charge in [0.25, 0.3) is 0 Å². The van der Waals surface area contributed by atoms with Crippen molar-refractivity contribution in [2.75, 3.05) is 6.61 Å². The molecule has 0 aliphatic heterocycles. The Morgan fingerprint density at radius 1 is 1.08 bits per heavy atom. The molecule has 0 atom stereocenters. The smallest absolute Gasteiger partial charge is 0.0434 e. The van der Waals surface area contributed by atoms with Crippen LogP contribution in [0.1, 0.15) is 46.0 Å². The normalized spacial score (nSPS) is 35.8. The molecule has 0 radical (unpaired) electrons. The number of aliphatic hydroxyl groups is 1. The first-order chi connectivity index (χ1) is 5.86. The highest BCUT2D eigenvalue weighted by Gasteiger charge is 2.85. The van der Waals surface area contributed by atoms with Gasteiger partial charge in [-0.25, -0.2) is 0 Å². The number of rotatable bonds is 2. The Morgan fingerprint density at radius 3 is 1.75 bits per heavy atom. The van der Waals surface area contributed by atoms with Crippen LogP contribution in [0.2, 0.25) is 0 Å². The second kappa shape index (κ2) is 2.47. The van der Waals surface area contributed by atoms with Crippen molar-refractivity contribution in [3.8, 4) is 0 Å². The van der Waals surface area contributed by atoms with Crippen LogP contribution in [0.25, 0.3) is 0 Å². The van der Waals surface area contributed by atoms with E-state index in [2.05, 4.69) is 0 Å². The van der Waals surface area contributed by atoms with E-state index in [-0.39, 0.29) is 0 Å². The minimum atomic E-state index is 0.425. The standard InChI is InChI=1S/C9H14O.C2H6/c10-6-1-7-8(2-3-8)9(7)4-5-9;1-2/h7,10H,1-6H2;1-2H3. The van der Waals surface area contributed by atoms with Crippen molar-refractivity contribution in [1.82, 2.24) is 0 Å². The SMILES string of the molecule is CC.OCCC1C2(CC2)C12CC2. The molecule has 70 valence electrons. The largest absolute Gasteiger partial charge is 0.396 e. The van der Waals surface area contributed by atoms with Gasteiger partial charge in [-0.2, -0.15) is 0 Å². The van der Waals surface area contributed by atoms with E-state index in [1.165, 1.54) is 25.7 Å². The number of hydrogen-bond donors (Lipinski definition) is 1. The Bertz CT molecular complexity index is 159. The Kier molecular flexibility index (Phi) is 1.76. The van der Waals surface area contributed by atoms with Gasteiger partial charge in [0.1, 0.15) is 0 Å². The summed E-state index contributed by atoms with van der Waals surface area (Å²) >= 11 is 0. The average Bonchev–Trinajstić information content (AvgIpc) is 2.98. The second-order valence-electron chi connectivity index (χ2n) is 4.38. The highest BCUT2D eigenvalue weighted by atomic mass is 16.3. The molecule has 1 N–H and O–H groups in total. The Hall–Kier alpha value is -0.0400. The van der Waals surface area contributed by atoms with Gasteiger partial charge in [-0.1, -0.05) is 13.8 Å². The molecule has 0 heterocycles. The first kappa shape index (κ1) is 8.55. The summed E-state index contributed by atoms with van der Waals surface area (Å²) in [5.74, 6) is 0.949. The number of hydrogen-bond acceptors (Lipinski definition) is 1. The summed E-state index contributed by atoms with van der Waals surface area (Å²) in [6, 6.07) is 0.